The zero-order chi connectivity index (χ0) is 25.0. The number of hydrogen-bond donors (Lipinski definition) is 1. The van der Waals surface area contributed by atoms with Gasteiger partial charge in [-0.25, -0.2) is 22.5 Å². The van der Waals surface area contributed by atoms with Crippen LogP contribution in [0.1, 0.15) is 42.5 Å². The SMILES string of the molecule is CN(CCF)c1ccc2c(=O)c(C(=O)NC34CCC(F)(CC3)C4)cn(-c3ccc(F)cc3F)c2n1. The van der Waals surface area contributed by atoms with E-state index in [0.717, 1.165) is 6.07 Å². The normalized spacial score (nSPS) is 23.1. The first-order valence-electron chi connectivity index (χ1n) is 11.4. The Kier molecular flexibility index (Phi) is 5.56. The lowest BCUT2D eigenvalue weighted by molar-refractivity contribution is 0.0899. The summed E-state index contributed by atoms with van der Waals surface area (Å²) in [7, 11) is 1.61. The van der Waals surface area contributed by atoms with Crippen LogP contribution in [0.25, 0.3) is 16.7 Å². The summed E-state index contributed by atoms with van der Waals surface area (Å²) >= 11 is 0. The number of carbonyl (C=O) groups is 1. The summed E-state index contributed by atoms with van der Waals surface area (Å²) in [6.45, 7) is -0.580. The second-order valence-electron chi connectivity index (χ2n) is 9.55. The fourth-order valence-corrected chi connectivity index (χ4v) is 5.28. The van der Waals surface area contributed by atoms with Crippen molar-refractivity contribution < 1.29 is 22.4 Å². The van der Waals surface area contributed by atoms with E-state index in [1.54, 1.807) is 7.05 Å². The van der Waals surface area contributed by atoms with E-state index in [1.165, 1.54) is 33.9 Å². The number of halogens is 4. The van der Waals surface area contributed by atoms with Crippen molar-refractivity contribution in [3.05, 3.63) is 63.9 Å². The molecule has 2 aliphatic rings. The van der Waals surface area contributed by atoms with Crippen LogP contribution in [0.15, 0.2) is 41.3 Å². The fourth-order valence-electron chi connectivity index (χ4n) is 5.28. The lowest BCUT2D eigenvalue weighted by Crippen LogP contribution is -2.46. The van der Waals surface area contributed by atoms with Gasteiger partial charge in [-0.3, -0.25) is 14.2 Å². The summed E-state index contributed by atoms with van der Waals surface area (Å²) in [5.41, 5.74) is -2.97. The maximum Gasteiger partial charge on any atom is 0.257 e. The van der Waals surface area contributed by atoms with Crippen molar-refractivity contribution in [3.63, 3.8) is 0 Å². The Morgan fingerprint density at radius 2 is 1.91 bits per heavy atom. The lowest BCUT2D eigenvalue weighted by atomic mass is 9.93. The van der Waals surface area contributed by atoms with Gasteiger partial charge in [0.15, 0.2) is 5.65 Å². The molecular formula is C25H24F4N4O2. The molecule has 2 aliphatic carbocycles. The average Bonchev–Trinajstić information content (AvgIpc) is 3.32. The number of hydrogen-bond acceptors (Lipinski definition) is 4. The molecule has 0 atom stereocenters. The van der Waals surface area contributed by atoms with Gasteiger partial charge in [-0.15, -0.1) is 0 Å². The van der Waals surface area contributed by atoms with Crippen LogP contribution >= 0.6 is 0 Å². The van der Waals surface area contributed by atoms with E-state index < -0.39 is 40.9 Å². The third kappa shape index (κ3) is 4.04. The van der Waals surface area contributed by atoms with E-state index in [2.05, 4.69) is 10.3 Å². The number of alkyl halides is 2. The highest BCUT2D eigenvalue weighted by atomic mass is 19.1. The predicted octanol–water partition coefficient (Wildman–Crippen LogP) is 4.22. The molecule has 2 heterocycles. The largest absolute Gasteiger partial charge is 0.357 e. The van der Waals surface area contributed by atoms with Crippen LogP contribution in [0.4, 0.5) is 23.4 Å². The number of anilines is 1. The Morgan fingerprint density at radius 1 is 1.17 bits per heavy atom. The number of nitrogens with zero attached hydrogens (tertiary/aromatic N) is 3. The Bertz CT molecular complexity index is 1380. The summed E-state index contributed by atoms with van der Waals surface area (Å²) in [5, 5.41) is 2.90. The Hall–Kier alpha value is -3.43. The molecule has 2 bridgehead atoms. The molecule has 0 aliphatic heterocycles. The van der Waals surface area contributed by atoms with Crippen LogP contribution < -0.4 is 15.6 Å². The molecule has 0 saturated heterocycles. The van der Waals surface area contributed by atoms with E-state index in [-0.39, 0.29) is 35.2 Å². The van der Waals surface area contributed by atoms with Crippen molar-refractivity contribution in [1.82, 2.24) is 14.9 Å². The van der Waals surface area contributed by atoms with Crippen LogP contribution in [0, 0.1) is 11.6 Å². The van der Waals surface area contributed by atoms with Crippen molar-refractivity contribution in [3.8, 4) is 5.69 Å². The molecule has 1 N–H and O–H groups in total. The van der Waals surface area contributed by atoms with Crippen molar-refractivity contribution in [2.24, 2.45) is 0 Å². The van der Waals surface area contributed by atoms with Crippen LogP contribution in [0.3, 0.4) is 0 Å². The van der Waals surface area contributed by atoms with Gasteiger partial charge in [0.25, 0.3) is 5.91 Å². The Morgan fingerprint density at radius 3 is 2.54 bits per heavy atom. The molecule has 3 aromatic rings. The molecule has 5 rings (SSSR count). The molecule has 6 nitrogen and oxygen atoms in total. The molecule has 1 aromatic carbocycles. The summed E-state index contributed by atoms with van der Waals surface area (Å²) in [6.07, 6.45) is 3.05. The minimum Gasteiger partial charge on any atom is -0.357 e. The molecule has 2 fully saturated rings. The smallest absolute Gasteiger partial charge is 0.257 e. The van der Waals surface area contributed by atoms with Crippen molar-refractivity contribution in [1.29, 1.82) is 0 Å². The lowest BCUT2D eigenvalue weighted by Gasteiger charge is -2.27. The third-order valence-corrected chi connectivity index (χ3v) is 7.20. The highest BCUT2D eigenvalue weighted by molar-refractivity contribution is 5.98. The Balaban J connectivity index is 1.65. The zero-order valence-corrected chi connectivity index (χ0v) is 19.1. The predicted molar refractivity (Wildman–Crippen MR) is 124 cm³/mol. The number of rotatable bonds is 6. The number of nitrogens with one attached hydrogen (secondary N) is 1. The topological polar surface area (TPSA) is 67.2 Å². The molecule has 35 heavy (non-hydrogen) atoms. The van der Waals surface area contributed by atoms with Crippen molar-refractivity contribution in [2.45, 2.75) is 43.3 Å². The molecule has 10 heteroatoms. The first kappa shape index (κ1) is 23.3. The van der Waals surface area contributed by atoms with Gasteiger partial charge in [0.05, 0.1) is 11.1 Å². The monoisotopic (exact) mass is 488 g/mol. The average molecular weight is 488 g/mol. The third-order valence-electron chi connectivity index (χ3n) is 7.20. The quantitative estimate of drug-likeness (QED) is 0.528. The van der Waals surface area contributed by atoms with Gasteiger partial charge in [0, 0.05) is 37.8 Å². The number of carbonyl (C=O) groups excluding carboxylic acids is 1. The first-order valence-corrected chi connectivity index (χ1v) is 11.4. The minimum atomic E-state index is -1.29. The van der Waals surface area contributed by atoms with Gasteiger partial charge in [-0.2, -0.15) is 0 Å². The van der Waals surface area contributed by atoms with Gasteiger partial charge in [0.1, 0.15) is 35.4 Å². The van der Waals surface area contributed by atoms with E-state index >= 15 is 0 Å². The number of benzene rings is 1. The molecular weight excluding hydrogens is 464 g/mol. The first-order chi connectivity index (χ1) is 16.6. The van der Waals surface area contributed by atoms with Crippen LogP contribution in [-0.4, -0.2) is 46.9 Å². The molecule has 0 unspecified atom stereocenters. The molecule has 0 spiro atoms. The van der Waals surface area contributed by atoms with Gasteiger partial charge in [-0.05, 0) is 49.9 Å². The number of amides is 1. The standard InChI is InChI=1S/C25H24F4N4O2/c1-32(11-10-26)20-5-3-16-21(34)17(23(35)31-25-8-6-24(29,14-25)7-9-25)13-33(22(16)30-20)19-4-2-15(27)12-18(19)28/h2-5,12-13H,6-11,14H2,1H3,(H,31,35). The van der Waals surface area contributed by atoms with Crippen LogP contribution in [-0.2, 0) is 0 Å². The van der Waals surface area contributed by atoms with Crippen LogP contribution in [0.5, 0.6) is 0 Å². The molecule has 1 amide bonds. The number of pyridine rings is 2. The van der Waals surface area contributed by atoms with Crippen molar-refractivity contribution >= 4 is 22.8 Å². The summed E-state index contributed by atoms with van der Waals surface area (Å²) in [4.78, 5) is 32.5. The van der Waals surface area contributed by atoms with E-state index in [9.17, 15) is 27.2 Å². The molecule has 184 valence electrons. The highest BCUT2D eigenvalue weighted by Gasteiger charge is 2.55. The molecule has 2 saturated carbocycles. The second kappa shape index (κ2) is 8.35. The number of fused-ring (bicyclic) bond motifs is 3. The Labute approximate surface area is 198 Å². The van der Waals surface area contributed by atoms with Gasteiger partial charge >= 0.3 is 0 Å². The van der Waals surface area contributed by atoms with Gasteiger partial charge in [0.2, 0.25) is 5.43 Å². The summed E-state index contributed by atoms with van der Waals surface area (Å²) in [5.74, 6) is -2.06. The highest BCUT2D eigenvalue weighted by Crippen LogP contribution is 2.52. The number of aromatic nitrogens is 2. The van der Waals surface area contributed by atoms with Gasteiger partial charge < -0.3 is 10.2 Å². The maximum atomic E-state index is 14.8. The minimum absolute atomic E-state index is 0.0305. The van der Waals surface area contributed by atoms with Crippen LogP contribution in [0.2, 0.25) is 0 Å². The summed E-state index contributed by atoms with van der Waals surface area (Å²) < 4.78 is 57.1. The summed E-state index contributed by atoms with van der Waals surface area (Å²) in [6, 6.07) is 5.88. The van der Waals surface area contributed by atoms with E-state index in [1.807, 2.05) is 0 Å². The zero-order valence-electron chi connectivity index (χ0n) is 19.1. The maximum absolute atomic E-state index is 14.8. The van der Waals surface area contributed by atoms with E-state index in [4.69, 9.17) is 0 Å². The molecule has 2 aromatic heterocycles. The molecule has 0 radical (unpaired) electrons. The van der Waals surface area contributed by atoms with E-state index in [0.29, 0.717) is 37.6 Å². The van der Waals surface area contributed by atoms with Gasteiger partial charge in [-0.1, -0.05) is 0 Å². The second-order valence-corrected chi connectivity index (χ2v) is 9.55. The fraction of sp³-hybridized carbons (Fsp3) is 0.400. The van der Waals surface area contributed by atoms with Crippen molar-refractivity contribution in [2.75, 3.05) is 25.2 Å².